The largest absolute Gasteiger partial charge is 0.492 e. The van der Waals surface area contributed by atoms with E-state index < -0.39 is 7.12 Å². The molecule has 0 spiro atoms. The normalized spacial score (nSPS) is 17.2. The van der Waals surface area contributed by atoms with Gasteiger partial charge in [0.25, 0.3) is 0 Å². The van der Waals surface area contributed by atoms with Crippen molar-refractivity contribution < 1.29 is 9.68 Å². The molecule has 1 aromatic heterocycles. The third kappa shape index (κ3) is 1.25. The van der Waals surface area contributed by atoms with Crippen molar-refractivity contribution in [2.45, 2.75) is 0 Å². The lowest BCUT2D eigenvalue weighted by atomic mass is 9.80. The molecule has 56 valence electrons. The first-order valence-corrected chi connectivity index (χ1v) is 4.29. The Morgan fingerprint density at radius 1 is 1.64 bits per heavy atom. The predicted molar refractivity (Wildman–Crippen MR) is 46.2 cm³/mol. The summed E-state index contributed by atoms with van der Waals surface area (Å²) in [6.07, 6.45) is 1.91. The quantitative estimate of drug-likeness (QED) is 0.634. The minimum atomic E-state index is -0.714. The maximum atomic E-state index is 9.28. The van der Waals surface area contributed by atoms with Crippen LogP contribution in [-0.2, 0) is 4.65 Å². The average molecular weight is 166 g/mol. The second-order valence-corrected chi connectivity index (χ2v) is 3.27. The molecule has 11 heavy (non-hydrogen) atoms. The van der Waals surface area contributed by atoms with Crippen LogP contribution in [0.15, 0.2) is 23.6 Å². The van der Waals surface area contributed by atoms with Crippen molar-refractivity contribution in [2.75, 3.05) is 6.61 Å². The highest BCUT2D eigenvalue weighted by molar-refractivity contribution is 7.12. The first-order chi connectivity index (χ1) is 5.38. The SMILES string of the molecule is OB1OCC=C1c1cccs1. The van der Waals surface area contributed by atoms with Crippen molar-refractivity contribution >= 4 is 23.9 Å². The van der Waals surface area contributed by atoms with Crippen molar-refractivity contribution in [2.24, 2.45) is 0 Å². The van der Waals surface area contributed by atoms with Gasteiger partial charge in [-0.3, -0.25) is 0 Å². The first kappa shape index (κ1) is 7.09. The molecular weight excluding hydrogens is 159 g/mol. The number of thiophene rings is 1. The van der Waals surface area contributed by atoms with Gasteiger partial charge in [0.1, 0.15) is 0 Å². The van der Waals surface area contributed by atoms with Gasteiger partial charge in [0.2, 0.25) is 0 Å². The molecule has 1 aliphatic rings. The average Bonchev–Trinajstić information content (AvgIpc) is 2.55. The Morgan fingerprint density at radius 3 is 3.09 bits per heavy atom. The molecule has 1 N–H and O–H groups in total. The van der Waals surface area contributed by atoms with E-state index in [-0.39, 0.29) is 0 Å². The Labute approximate surface area is 69.3 Å². The molecule has 0 fully saturated rings. The molecule has 4 heteroatoms. The van der Waals surface area contributed by atoms with E-state index >= 15 is 0 Å². The fraction of sp³-hybridized carbons (Fsp3) is 0.143. The smallest absolute Gasteiger partial charge is 0.423 e. The molecule has 1 aliphatic heterocycles. The summed E-state index contributed by atoms with van der Waals surface area (Å²) in [7, 11) is -0.714. The summed E-state index contributed by atoms with van der Waals surface area (Å²) in [5.74, 6) is 0. The standard InChI is InChI=1S/C7H7BO2S/c9-8-6(3-4-10-8)7-2-1-5-11-7/h1-3,5,9H,4H2. The van der Waals surface area contributed by atoms with Gasteiger partial charge in [0.05, 0.1) is 6.61 Å². The van der Waals surface area contributed by atoms with Crippen molar-refractivity contribution in [3.8, 4) is 0 Å². The zero-order valence-corrected chi connectivity index (χ0v) is 6.67. The molecule has 0 bridgehead atoms. The number of hydrogen-bond acceptors (Lipinski definition) is 3. The summed E-state index contributed by atoms with van der Waals surface area (Å²) in [5, 5.41) is 11.3. The number of hydrogen-bond donors (Lipinski definition) is 1. The second-order valence-electron chi connectivity index (χ2n) is 2.32. The van der Waals surface area contributed by atoms with Crippen molar-refractivity contribution in [3.05, 3.63) is 28.5 Å². The van der Waals surface area contributed by atoms with E-state index in [2.05, 4.69) is 0 Å². The highest BCUT2D eigenvalue weighted by Gasteiger charge is 2.25. The van der Waals surface area contributed by atoms with Gasteiger partial charge in [-0.15, -0.1) is 11.3 Å². The summed E-state index contributed by atoms with van der Waals surface area (Å²) in [6, 6.07) is 3.94. The van der Waals surface area contributed by atoms with Gasteiger partial charge in [-0.2, -0.15) is 0 Å². The molecule has 0 saturated carbocycles. The van der Waals surface area contributed by atoms with Crippen molar-refractivity contribution in [3.63, 3.8) is 0 Å². The van der Waals surface area contributed by atoms with Crippen LogP contribution in [0.2, 0.25) is 0 Å². The Bertz CT molecular complexity index is 268. The first-order valence-electron chi connectivity index (χ1n) is 3.41. The van der Waals surface area contributed by atoms with Gasteiger partial charge < -0.3 is 9.68 Å². The van der Waals surface area contributed by atoms with Crippen LogP contribution in [0.3, 0.4) is 0 Å². The highest BCUT2D eigenvalue weighted by atomic mass is 32.1. The van der Waals surface area contributed by atoms with Crippen LogP contribution in [0.1, 0.15) is 4.88 Å². The fourth-order valence-corrected chi connectivity index (χ4v) is 1.87. The Kier molecular flexibility index (Phi) is 1.81. The van der Waals surface area contributed by atoms with E-state index in [9.17, 15) is 5.02 Å². The molecule has 0 radical (unpaired) electrons. The van der Waals surface area contributed by atoms with E-state index in [4.69, 9.17) is 4.65 Å². The minimum Gasteiger partial charge on any atom is -0.423 e. The third-order valence-corrected chi connectivity index (χ3v) is 2.55. The van der Waals surface area contributed by atoms with E-state index in [1.165, 1.54) is 0 Å². The lowest BCUT2D eigenvalue weighted by Gasteiger charge is -1.98. The van der Waals surface area contributed by atoms with Crippen LogP contribution < -0.4 is 0 Å². The fourth-order valence-electron chi connectivity index (χ4n) is 1.08. The lowest BCUT2D eigenvalue weighted by molar-refractivity contribution is 0.316. The molecule has 0 aromatic carbocycles. The van der Waals surface area contributed by atoms with E-state index in [0.29, 0.717) is 6.61 Å². The molecular formula is C7H7BO2S. The zero-order chi connectivity index (χ0) is 7.68. The van der Waals surface area contributed by atoms with Crippen LogP contribution in [0.5, 0.6) is 0 Å². The molecule has 0 amide bonds. The zero-order valence-electron chi connectivity index (χ0n) is 5.86. The van der Waals surface area contributed by atoms with E-state index in [0.717, 1.165) is 10.3 Å². The van der Waals surface area contributed by atoms with Gasteiger partial charge in [-0.1, -0.05) is 12.1 Å². The Hall–Kier alpha value is -0.575. The maximum absolute atomic E-state index is 9.28. The third-order valence-electron chi connectivity index (χ3n) is 1.63. The van der Waals surface area contributed by atoms with Gasteiger partial charge in [-0.25, -0.2) is 0 Å². The van der Waals surface area contributed by atoms with Crippen LogP contribution in [0.4, 0.5) is 0 Å². The van der Waals surface area contributed by atoms with Gasteiger partial charge in [-0.05, 0) is 16.9 Å². The van der Waals surface area contributed by atoms with Crippen LogP contribution in [0.25, 0.3) is 5.47 Å². The number of rotatable bonds is 1. The summed E-state index contributed by atoms with van der Waals surface area (Å²) >= 11 is 1.62. The second kappa shape index (κ2) is 2.81. The predicted octanol–water partition coefficient (Wildman–Crippen LogP) is 1.18. The van der Waals surface area contributed by atoms with Gasteiger partial charge >= 0.3 is 7.12 Å². The molecule has 0 saturated heterocycles. The molecule has 2 nitrogen and oxygen atoms in total. The molecule has 0 aliphatic carbocycles. The highest BCUT2D eigenvalue weighted by Crippen LogP contribution is 2.24. The topological polar surface area (TPSA) is 29.5 Å². The van der Waals surface area contributed by atoms with Crippen LogP contribution >= 0.6 is 11.3 Å². The monoisotopic (exact) mass is 166 g/mol. The molecule has 2 rings (SSSR count). The maximum Gasteiger partial charge on any atom is 0.492 e. The molecule has 2 heterocycles. The summed E-state index contributed by atoms with van der Waals surface area (Å²) in [5.41, 5.74) is 0.903. The lowest BCUT2D eigenvalue weighted by Crippen LogP contribution is -2.13. The van der Waals surface area contributed by atoms with Crippen LogP contribution in [-0.4, -0.2) is 18.7 Å². The van der Waals surface area contributed by atoms with Crippen molar-refractivity contribution in [1.82, 2.24) is 0 Å². The summed E-state index contributed by atoms with van der Waals surface area (Å²) in [4.78, 5) is 1.09. The van der Waals surface area contributed by atoms with Crippen LogP contribution in [0, 0.1) is 0 Å². The van der Waals surface area contributed by atoms with Gasteiger partial charge in [0, 0.05) is 4.88 Å². The molecule has 0 atom stereocenters. The van der Waals surface area contributed by atoms with Crippen molar-refractivity contribution in [1.29, 1.82) is 0 Å². The molecule has 0 unspecified atom stereocenters. The molecule has 1 aromatic rings. The minimum absolute atomic E-state index is 0.522. The summed E-state index contributed by atoms with van der Waals surface area (Å²) in [6.45, 7) is 0.522. The van der Waals surface area contributed by atoms with E-state index in [1.54, 1.807) is 11.3 Å². The summed E-state index contributed by atoms with van der Waals surface area (Å²) < 4.78 is 4.96. The van der Waals surface area contributed by atoms with Gasteiger partial charge in [0.15, 0.2) is 0 Å². The van der Waals surface area contributed by atoms with E-state index in [1.807, 2.05) is 23.6 Å². The Balaban J connectivity index is 2.30. The Morgan fingerprint density at radius 2 is 2.55 bits per heavy atom.